The summed E-state index contributed by atoms with van der Waals surface area (Å²) >= 11 is 0. The van der Waals surface area contributed by atoms with Crippen LogP contribution in [0, 0.1) is 6.92 Å². The number of carboxylic acid groups (broad SMARTS) is 1. The lowest BCUT2D eigenvalue weighted by molar-refractivity contribution is -0.131. The first kappa shape index (κ1) is 19.4. The molecular formula is C24H19NO5. The summed E-state index contributed by atoms with van der Waals surface area (Å²) in [7, 11) is 0. The average molecular weight is 401 g/mol. The molecule has 0 bridgehead atoms. The topological polar surface area (TPSA) is 96.6 Å². The molecule has 2 N–H and O–H groups in total. The predicted octanol–water partition coefficient (Wildman–Crippen LogP) is 4.17. The highest BCUT2D eigenvalue weighted by atomic mass is 16.4. The Kier molecular flexibility index (Phi) is 5.06. The van der Waals surface area contributed by atoms with Crippen LogP contribution < -0.4 is 10.7 Å². The Hall–Kier alpha value is -3.93. The van der Waals surface area contributed by atoms with Crippen LogP contribution in [0.15, 0.2) is 63.8 Å². The summed E-state index contributed by atoms with van der Waals surface area (Å²) in [6.45, 7) is 2.03. The minimum Gasteiger partial charge on any atom is -0.478 e. The summed E-state index contributed by atoms with van der Waals surface area (Å²) in [4.78, 5) is 35.3. The van der Waals surface area contributed by atoms with Crippen LogP contribution in [0.4, 0.5) is 5.69 Å². The maximum Gasteiger partial charge on any atom is 0.328 e. The molecule has 4 rings (SSSR count). The Balaban J connectivity index is 1.71. The maximum absolute atomic E-state index is 12.9. The molecule has 0 fully saturated rings. The Morgan fingerprint density at radius 1 is 1.07 bits per heavy atom. The van der Waals surface area contributed by atoms with E-state index in [2.05, 4.69) is 5.32 Å². The molecule has 0 saturated carbocycles. The summed E-state index contributed by atoms with van der Waals surface area (Å²) in [5, 5.41) is 11.6. The fourth-order valence-electron chi connectivity index (χ4n) is 3.50. The molecule has 0 atom stereocenters. The summed E-state index contributed by atoms with van der Waals surface area (Å²) in [6.07, 6.45) is 5.06. The zero-order chi connectivity index (χ0) is 21.3. The summed E-state index contributed by atoms with van der Waals surface area (Å²) in [5.41, 5.74) is 4.56. The van der Waals surface area contributed by atoms with Gasteiger partial charge in [-0.05, 0) is 49.1 Å². The van der Waals surface area contributed by atoms with Gasteiger partial charge in [-0.15, -0.1) is 0 Å². The fourth-order valence-corrected chi connectivity index (χ4v) is 3.50. The number of hydrogen-bond acceptors (Lipinski definition) is 4. The highest BCUT2D eigenvalue weighted by molar-refractivity contribution is 6.03. The van der Waals surface area contributed by atoms with Crippen LogP contribution in [0.5, 0.6) is 0 Å². The molecule has 6 heteroatoms. The standard InChI is InChI=1S/C24H19NO5/c1-14-2-4-15(5-3-14)12-16-6-8-19-23(29)18-9-7-17(13-20(18)30-24(16)19)25-21(26)10-11-22(27)28/h2-5,7,9-13H,6,8H2,1H3,(H,25,26)(H,27,28)/b11-10+,16-12?. The zero-order valence-corrected chi connectivity index (χ0v) is 16.3. The van der Waals surface area contributed by atoms with Crippen LogP contribution in [0.3, 0.4) is 0 Å². The smallest absolute Gasteiger partial charge is 0.328 e. The van der Waals surface area contributed by atoms with Crippen molar-refractivity contribution in [1.82, 2.24) is 0 Å². The van der Waals surface area contributed by atoms with Gasteiger partial charge in [-0.2, -0.15) is 0 Å². The van der Waals surface area contributed by atoms with E-state index in [0.717, 1.165) is 29.7 Å². The van der Waals surface area contributed by atoms with Crippen molar-refractivity contribution < 1.29 is 19.1 Å². The fraction of sp³-hybridized carbons (Fsp3) is 0.125. The molecule has 150 valence electrons. The molecule has 0 radical (unpaired) electrons. The minimum absolute atomic E-state index is 0.0674. The van der Waals surface area contributed by atoms with Gasteiger partial charge in [-0.3, -0.25) is 9.59 Å². The van der Waals surface area contributed by atoms with E-state index in [-0.39, 0.29) is 5.43 Å². The number of carbonyl (C=O) groups excluding carboxylic acids is 1. The number of rotatable bonds is 4. The number of nitrogens with one attached hydrogen (secondary N) is 1. The Bertz CT molecular complexity index is 1280. The van der Waals surface area contributed by atoms with Gasteiger partial charge >= 0.3 is 5.97 Å². The van der Waals surface area contributed by atoms with Crippen LogP contribution in [-0.2, 0) is 16.0 Å². The third kappa shape index (κ3) is 3.93. The first-order chi connectivity index (χ1) is 14.4. The second-order valence-corrected chi connectivity index (χ2v) is 7.19. The highest BCUT2D eigenvalue weighted by Crippen LogP contribution is 2.34. The van der Waals surface area contributed by atoms with Gasteiger partial charge in [0.25, 0.3) is 0 Å². The number of aliphatic carboxylic acids is 1. The summed E-state index contributed by atoms with van der Waals surface area (Å²) in [5.74, 6) is -1.21. The van der Waals surface area contributed by atoms with Crippen LogP contribution in [0.1, 0.15) is 28.9 Å². The van der Waals surface area contributed by atoms with Gasteiger partial charge in [-0.1, -0.05) is 29.8 Å². The van der Waals surface area contributed by atoms with Crippen molar-refractivity contribution in [3.8, 4) is 0 Å². The van der Waals surface area contributed by atoms with Gasteiger partial charge in [0.15, 0.2) is 5.43 Å². The van der Waals surface area contributed by atoms with E-state index < -0.39 is 11.9 Å². The molecule has 0 spiro atoms. The molecule has 1 aliphatic rings. The van der Waals surface area contributed by atoms with E-state index in [4.69, 9.17) is 9.52 Å². The van der Waals surface area contributed by atoms with Gasteiger partial charge in [0, 0.05) is 29.5 Å². The van der Waals surface area contributed by atoms with Crippen molar-refractivity contribution in [2.45, 2.75) is 19.8 Å². The van der Waals surface area contributed by atoms with E-state index >= 15 is 0 Å². The normalized spacial score (nSPS) is 14.4. The summed E-state index contributed by atoms with van der Waals surface area (Å²) in [6, 6.07) is 12.9. The number of benzene rings is 2. The Morgan fingerprint density at radius 2 is 1.83 bits per heavy atom. The quantitative estimate of drug-likeness (QED) is 0.640. The Labute approximate surface area is 172 Å². The third-order valence-corrected chi connectivity index (χ3v) is 4.99. The molecule has 1 aromatic heterocycles. The molecule has 2 aromatic carbocycles. The number of allylic oxidation sites excluding steroid dienone is 1. The van der Waals surface area contributed by atoms with E-state index in [1.165, 1.54) is 5.56 Å². The van der Waals surface area contributed by atoms with Gasteiger partial charge in [0.2, 0.25) is 5.91 Å². The van der Waals surface area contributed by atoms with E-state index in [0.29, 0.717) is 34.4 Å². The first-order valence-electron chi connectivity index (χ1n) is 9.50. The molecular weight excluding hydrogens is 382 g/mol. The van der Waals surface area contributed by atoms with Crippen LogP contribution in [-0.4, -0.2) is 17.0 Å². The van der Waals surface area contributed by atoms with Crippen molar-refractivity contribution in [2.24, 2.45) is 0 Å². The van der Waals surface area contributed by atoms with Crippen molar-refractivity contribution >= 4 is 40.2 Å². The highest BCUT2D eigenvalue weighted by Gasteiger charge is 2.24. The second kappa shape index (κ2) is 7.83. The lowest BCUT2D eigenvalue weighted by Crippen LogP contribution is -2.11. The number of aryl methyl sites for hydroxylation is 1. The number of amides is 1. The third-order valence-electron chi connectivity index (χ3n) is 4.99. The van der Waals surface area contributed by atoms with Crippen LogP contribution >= 0.6 is 0 Å². The van der Waals surface area contributed by atoms with Gasteiger partial charge in [-0.25, -0.2) is 4.79 Å². The minimum atomic E-state index is -1.21. The maximum atomic E-state index is 12.9. The van der Waals surface area contributed by atoms with Crippen molar-refractivity contribution in [3.05, 3.63) is 87.3 Å². The Morgan fingerprint density at radius 3 is 2.57 bits per heavy atom. The SMILES string of the molecule is Cc1ccc(C=C2CCc3c2oc2cc(NC(=O)/C=C/C(=O)O)ccc2c3=O)cc1. The van der Waals surface area contributed by atoms with Gasteiger partial charge in [0.05, 0.1) is 5.39 Å². The van der Waals surface area contributed by atoms with E-state index in [1.54, 1.807) is 18.2 Å². The van der Waals surface area contributed by atoms with E-state index in [1.807, 2.05) is 37.3 Å². The van der Waals surface area contributed by atoms with Crippen molar-refractivity contribution in [2.75, 3.05) is 5.32 Å². The number of anilines is 1. The molecule has 30 heavy (non-hydrogen) atoms. The molecule has 1 aliphatic carbocycles. The molecule has 3 aromatic rings. The largest absolute Gasteiger partial charge is 0.478 e. The van der Waals surface area contributed by atoms with Crippen molar-refractivity contribution in [1.29, 1.82) is 0 Å². The van der Waals surface area contributed by atoms with Crippen LogP contribution in [0.2, 0.25) is 0 Å². The van der Waals surface area contributed by atoms with Gasteiger partial charge in [0.1, 0.15) is 11.3 Å². The lowest BCUT2D eigenvalue weighted by Gasteiger charge is -2.07. The van der Waals surface area contributed by atoms with Gasteiger partial charge < -0.3 is 14.8 Å². The summed E-state index contributed by atoms with van der Waals surface area (Å²) < 4.78 is 6.08. The monoisotopic (exact) mass is 401 g/mol. The molecule has 0 aliphatic heterocycles. The first-order valence-corrected chi connectivity index (χ1v) is 9.50. The molecule has 0 saturated heterocycles. The average Bonchev–Trinajstić information content (AvgIpc) is 3.11. The molecule has 1 heterocycles. The zero-order valence-electron chi connectivity index (χ0n) is 16.3. The number of carboxylic acids is 1. The lowest BCUT2D eigenvalue weighted by atomic mass is 10.1. The van der Waals surface area contributed by atoms with E-state index in [9.17, 15) is 14.4 Å². The number of hydrogen-bond donors (Lipinski definition) is 2. The second-order valence-electron chi connectivity index (χ2n) is 7.19. The van der Waals surface area contributed by atoms with Crippen molar-refractivity contribution in [3.63, 3.8) is 0 Å². The predicted molar refractivity (Wildman–Crippen MR) is 115 cm³/mol. The molecule has 0 unspecified atom stereocenters. The number of fused-ring (bicyclic) bond motifs is 2. The number of carbonyl (C=O) groups is 2. The molecule has 6 nitrogen and oxygen atoms in total. The molecule has 1 amide bonds. The van der Waals surface area contributed by atoms with Crippen LogP contribution in [0.25, 0.3) is 22.6 Å².